The van der Waals surface area contributed by atoms with Crippen molar-refractivity contribution in [2.75, 3.05) is 32.5 Å². The van der Waals surface area contributed by atoms with E-state index in [0.29, 0.717) is 17.3 Å². The zero-order valence-corrected chi connectivity index (χ0v) is 12.9. The van der Waals surface area contributed by atoms with E-state index in [9.17, 15) is 9.59 Å². The van der Waals surface area contributed by atoms with Gasteiger partial charge in [0.05, 0.1) is 15.7 Å². The van der Waals surface area contributed by atoms with Gasteiger partial charge >= 0.3 is 11.8 Å². The first-order valence-electron chi connectivity index (χ1n) is 6.09. The molecule has 0 aliphatic heterocycles. The van der Waals surface area contributed by atoms with Gasteiger partial charge in [0.15, 0.2) is 0 Å². The molecule has 0 aromatic heterocycles. The molecular formula is C13H17Cl2N3O2. The summed E-state index contributed by atoms with van der Waals surface area (Å²) >= 11 is 11.7. The number of nitrogens with zero attached hydrogens (tertiary/aromatic N) is 1. The lowest BCUT2D eigenvalue weighted by Crippen LogP contribution is -2.36. The first kappa shape index (κ1) is 16.8. The molecule has 1 rings (SSSR count). The summed E-state index contributed by atoms with van der Waals surface area (Å²) in [5.41, 5.74) is 0.313. The zero-order valence-electron chi connectivity index (χ0n) is 11.4. The summed E-state index contributed by atoms with van der Waals surface area (Å²) in [6, 6.07) is 4.81. The van der Waals surface area contributed by atoms with Crippen LogP contribution in [-0.4, -0.2) is 43.9 Å². The average molecular weight is 318 g/mol. The third-order valence-corrected chi connectivity index (χ3v) is 3.29. The molecule has 0 saturated carbocycles. The Balaban J connectivity index is 2.46. The predicted molar refractivity (Wildman–Crippen MR) is 81.3 cm³/mol. The summed E-state index contributed by atoms with van der Waals surface area (Å²) in [5.74, 6) is -1.46. The Morgan fingerprint density at radius 3 is 2.55 bits per heavy atom. The van der Waals surface area contributed by atoms with Gasteiger partial charge in [0.25, 0.3) is 0 Å². The van der Waals surface area contributed by atoms with Crippen LogP contribution in [0.4, 0.5) is 5.69 Å². The van der Waals surface area contributed by atoms with Crippen molar-refractivity contribution >= 4 is 40.7 Å². The smallest absolute Gasteiger partial charge is 0.313 e. The highest BCUT2D eigenvalue weighted by molar-refractivity contribution is 6.45. The standard InChI is InChI=1S/C13H17Cl2N3O2/c1-18(2)8-4-7-16-12(19)13(20)17-10-6-3-5-9(14)11(10)15/h3,5-6H,4,7-8H2,1-2H3,(H,16,19)(H,17,20). The zero-order chi connectivity index (χ0) is 15.1. The molecule has 2 N–H and O–H groups in total. The number of carbonyl (C=O) groups is 2. The van der Waals surface area contributed by atoms with Crippen molar-refractivity contribution in [3.05, 3.63) is 28.2 Å². The van der Waals surface area contributed by atoms with Crippen LogP contribution in [0.25, 0.3) is 0 Å². The fourth-order valence-electron chi connectivity index (χ4n) is 1.46. The lowest BCUT2D eigenvalue weighted by atomic mass is 10.3. The molecule has 0 heterocycles. The fourth-order valence-corrected chi connectivity index (χ4v) is 1.80. The number of rotatable bonds is 5. The lowest BCUT2D eigenvalue weighted by molar-refractivity contribution is -0.136. The van der Waals surface area contributed by atoms with Crippen LogP contribution >= 0.6 is 23.2 Å². The molecule has 2 amide bonds. The van der Waals surface area contributed by atoms with Gasteiger partial charge in [-0.2, -0.15) is 0 Å². The minimum Gasteiger partial charge on any atom is -0.348 e. The normalized spacial score (nSPS) is 10.4. The number of benzene rings is 1. The molecule has 1 aromatic rings. The van der Waals surface area contributed by atoms with Gasteiger partial charge in [0, 0.05) is 6.54 Å². The molecule has 0 atom stereocenters. The summed E-state index contributed by atoms with van der Waals surface area (Å²) in [4.78, 5) is 25.2. The van der Waals surface area contributed by atoms with Crippen molar-refractivity contribution in [1.82, 2.24) is 10.2 Å². The first-order chi connectivity index (χ1) is 9.41. The van der Waals surface area contributed by atoms with Crippen LogP contribution < -0.4 is 10.6 Å². The van der Waals surface area contributed by atoms with Gasteiger partial charge in [-0.15, -0.1) is 0 Å². The van der Waals surface area contributed by atoms with Crippen molar-refractivity contribution in [1.29, 1.82) is 0 Å². The maximum atomic E-state index is 11.7. The van der Waals surface area contributed by atoms with E-state index in [4.69, 9.17) is 23.2 Å². The van der Waals surface area contributed by atoms with Crippen molar-refractivity contribution in [2.24, 2.45) is 0 Å². The molecule has 0 fully saturated rings. The summed E-state index contributed by atoms with van der Waals surface area (Å²) in [6.45, 7) is 1.27. The minimum atomic E-state index is -0.765. The molecule has 20 heavy (non-hydrogen) atoms. The number of amides is 2. The van der Waals surface area contributed by atoms with E-state index >= 15 is 0 Å². The Hall–Kier alpha value is -1.30. The molecule has 0 saturated heterocycles. The molecule has 0 spiro atoms. The Bertz CT molecular complexity index is 493. The number of halogens is 2. The lowest BCUT2D eigenvalue weighted by Gasteiger charge is -2.10. The Morgan fingerprint density at radius 2 is 1.90 bits per heavy atom. The highest BCUT2D eigenvalue weighted by Crippen LogP contribution is 2.29. The molecule has 0 aliphatic carbocycles. The highest BCUT2D eigenvalue weighted by Gasteiger charge is 2.15. The summed E-state index contributed by atoms with van der Waals surface area (Å²) < 4.78 is 0. The van der Waals surface area contributed by atoms with Gasteiger partial charge in [-0.3, -0.25) is 9.59 Å². The van der Waals surface area contributed by atoms with E-state index in [-0.39, 0.29) is 5.02 Å². The second-order valence-electron chi connectivity index (χ2n) is 4.47. The van der Waals surface area contributed by atoms with E-state index in [1.54, 1.807) is 18.2 Å². The fraction of sp³-hybridized carbons (Fsp3) is 0.385. The Labute approximate surface area is 128 Å². The third-order valence-electron chi connectivity index (χ3n) is 2.47. The monoisotopic (exact) mass is 317 g/mol. The molecule has 0 unspecified atom stereocenters. The van der Waals surface area contributed by atoms with Crippen molar-refractivity contribution in [3.63, 3.8) is 0 Å². The number of anilines is 1. The summed E-state index contributed by atoms with van der Waals surface area (Å²) in [7, 11) is 3.88. The maximum Gasteiger partial charge on any atom is 0.313 e. The van der Waals surface area contributed by atoms with E-state index in [1.807, 2.05) is 19.0 Å². The Kier molecular flexibility index (Phi) is 6.78. The SMILES string of the molecule is CN(C)CCCNC(=O)C(=O)Nc1cccc(Cl)c1Cl. The van der Waals surface area contributed by atoms with Gasteiger partial charge in [0.1, 0.15) is 0 Å². The highest BCUT2D eigenvalue weighted by atomic mass is 35.5. The quantitative estimate of drug-likeness (QED) is 0.645. The number of hydrogen-bond acceptors (Lipinski definition) is 3. The van der Waals surface area contributed by atoms with Crippen LogP contribution in [0.2, 0.25) is 10.0 Å². The molecule has 0 aliphatic rings. The Morgan fingerprint density at radius 1 is 1.20 bits per heavy atom. The molecule has 0 radical (unpaired) electrons. The van der Waals surface area contributed by atoms with Crippen LogP contribution in [0, 0.1) is 0 Å². The average Bonchev–Trinajstić information content (AvgIpc) is 2.39. The van der Waals surface area contributed by atoms with E-state index < -0.39 is 11.8 Å². The van der Waals surface area contributed by atoms with Crippen LogP contribution in [0.3, 0.4) is 0 Å². The first-order valence-corrected chi connectivity index (χ1v) is 6.85. The summed E-state index contributed by atoms with van der Waals surface area (Å²) in [6.07, 6.45) is 0.768. The maximum absolute atomic E-state index is 11.7. The topological polar surface area (TPSA) is 61.4 Å². The second-order valence-corrected chi connectivity index (χ2v) is 5.25. The number of carbonyl (C=O) groups excluding carboxylic acids is 2. The summed E-state index contributed by atoms with van der Waals surface area (Å²) in [5, 5.41) is 5.49. The van der Waals surface area contributed by atoms with Gasteiger partial charge in [-0.25, -0.2) is 0 Å². The molecule has 1 aromatic carbocycles. The minimum absolute atomic E-state index is 0.211. The number of hydrogen-bond donors (Lipinski definition) is 2. The predicted octanol–water partition coefficient (Wildman–Crippen LogP) is 2.00. The molecular weight excluding hydrogens is 301 g/mol. The molecule has 0 bridgehead atoms. The van der Waals surface area contributed by atoms with E-state index in [0.717, 1.165) is 13.0 Å². The van der Waals surface area contributed by atoms with Crippen molar-refractivity contribution in [2.45, 2.75) is 6.42 Å². The van der Waals surface area contributed by atoms with Crippen LogP contribution in [0.15, 0.2) is 18.2 Å². The van der Waals surface area contributed by atoms with Gasteiger partial charge in [-0.05, 0) is 39.2 Å². The van der Waals surface area contributed by atoms with Gasteiger partial charge in [-0.1, -0.05) is 29.3 Å². The van der Waals surface area contributed by atoms with Crippen LogP contribution in [0.1, 0.15) is 6.42 Å². The molecule has 5 nitrogen and oxygen atoms in total. The second kappa shape index (κ2) is 8.09. The molecule has 7 heteroatoms. The van der Waals surface area contributed by atoms with Crippen LogP contribution in [0.5, 0.6) is 0 Å². The van der Waals surface area contributed by atoms with Crippen LogP contribution in [-0.2, 0) is 9.59 Å². The van der Waals surface area contributed by atoms with E-state index in [1.165, 1.54) is 0 Å². The van der Waals surface area contributed by atoms with Crippen molar-refractivity contribution < 1.29 is 9.59 Å². The number of nitrogens with one attached hydrogen (secondary N) is 2. The third kappa shape index (κ3) is 5.36. The van der Waals surface area contributed by atoms with Gasteiger partial charge in [0.2, 0.25) is 0 Å². The van der Waals surface area contributed by atoms with Crippen molar-refractivity contribution in [3.8, 4) is 0 Å². The largest absolute Gasteiger partial charge is 0.348 e. The van der Waals surface area contributed by atoms with Gasteiger partial charge < -0.3 is 15.5 Å². The van der Waals surface area contributed by atoms with E-state index in [2.05, 4.69) is 10.6 Å². The molecule has 110 valence electrons.